The minimum Gasteiger partial charge on any atom is -0.445 e. The number of urea groups is 1. The van der Waals surface area contributed by atoms with Crippen LogP contribution in [-0.4, -0.2) is 157 Å². The van der Waals surface area contributed by atoms with E-state index in [1.54, 1.807) is 82.1 Å². The quantitative estimate of drug-likeness (QED) is 0.0367. The van der Waals surface area contributed by atoms with E-state index >= 15 is 0 Å². The summed E-state index contributed by atoms with van der Waals surface area (Å²) in [6.45, 7) is 17.1. The Labute approximate surface area is 494 Å². The number of nitrogens with zero attached hydrogens (tertiary/aromatic N) is 4. The van der Waals surface area contributed by atoms with Crippen molar-refractivity contribution < 1.29 is 52.6 Å². The third-order valence-corrected chi connectivity index (χ3v) is 16.5. The molecule has 0 radical (unpaired) electrons. The molecule has 23 heteroatoms. The Kier molecular flexibility index (Phi) is 27.8. The van der Waals surface area contributed by atoms with Crippen LogP contribution in [0.4, 0.5) is 15.3 Å². The molecule has 0 bridgehead atoms. The number of nitrogens with two attached hydrogens (primary N) is 2. The fourth-order valence-electron chi connectivity index (χ4n) is 10.6. The Bertz CT molecular complexity index is 2560. The van der Waals surface area contributed by atoms with Crippen molar-refractivity contribution in [3.8, 4) is 0 Å². The van der Waals surface area contributed by atoms with E-state index < -0.39 is 102 Å². The van der Waals surface area contributed by atoms with E-state index in [-0.39, 0.29) is 55.7 Å². The first-order valence-corrected chi connectivity index (χ1v) is 29.8. The summed E-state index contributed by atoms with van der Waals surface area (Å²) in [4.78, 5) is 118. The number of aromatic nitrogens is 1. The number of benzene rings is 2. The molecule has 1 aliphatic rings. The standard InChI is InChI=1S/C60H93N11O11S/c1-14-38(8)51(46(80-12)33-47(72)71-30-19-23-45(71)52(81-13)39(9)53(73)67-44(57-63-29-31-83-57)32-40-20-16-15-17-21-40)69(10)58(77)49(36(4)5)68-56(76)50(37(6)7)70(11)60(79)82-34-41-24-26-42(27-25-41)65-54(74)43(22-18-28-64-59(62)78)66-55(75)48(61)35(2)3/h15-17,20-21,24-27,29,31,35-39,43-46,48-52H,14,18-19,22-23,28,30,32-34,61H2,1-13H3,(H,65,74)(H,66,75)(H,67,73)(H,68,76)(H3,62,64,78)/t38-,39+,43-,44-,45+,46+,48-,49-,50-,51-,52+/m0/s1. The van der Waals surface area contributed by atoms with E-state index in [1.165, 1.54) is 30.4 Å². The Morgan fingerprint density at radius 1 is 0.795 bits per heavy atom. The van der Waals surface area contributed by atoms with Gasteiger partial charge in [-0.05, 0) is 79.0 Å². The summed E-state index contributed by atoms with van der Waals surface area (Å²) in [6.07, 6.45) is 2.60. The lowest BCUT2D eigenvalue weighted by Gasteiger charge is -2.41. The summed E-state index contributed by atoms with van der Waals surface area (Å²) in [5.74, 6) is -4.10. The summed E-state index contributed by atoms with van der Waals surface area (Å²) >= 11 is 1.48. The van der Waals surface area contributed by atoms with Gasteiger partial charge in [-0.25, -0.2) is 14.6 Å². The molecule has 0 saturated carbocycles. The van der Waals surface area contributed by atoms with Gasteiger partial charge in [0.05, 0.1) is 48.7 Å². The number of ether oxygens (including phenoxy) is 3. The number of carbonyl (C=O) groups is 8. The SMILES string of the molecule is CC[C@H](C)[C@@H]([C@@H](CC(=O)N1CCC[C@@H]1[C@H](OC)[C@@H](C)C(=O)N[C@@H](Cc1ccccc1)c1nccs1)OC)N(C)C(=O)[C@@H](NC(=O)[C@H](C(C)C)N(C)C(=O)OCc1ccc(NC(=O)[C@H](CCCNC(N)=O)NC(=O)[C@@H](N)C(C)C)cc1)C(C)C. The molecule has 11 atom stereocenters. The lowest BCUT2D eigenvalue weighted by molar-refractivity contribution is -0.148. The van der Waals surface area contributed by atoms with Gasteiger partial charge in [-0.15, -0.1) is 11.3 Å². The van der Waals surface area contributed by atoms with Crippen LogP contribution in [0.25, 0.3) is 0 Å². The summed E-state index contributed by atoms with van der Waals surface area (Å²) in [7, 11) is 6.20. The summed E-state index contributed by atoms with van der Waals surface area (Å²) in [5, 5.41) is 16.8. The molecular weight excluding hydrogens is 1080 g/mol. The van der Waals surface area contributed by atoms with Gasteiger partial charge in [0.25, 0.3) is 0 Å². The normalized spacial score (nSPS) is 17.0. The predicted molar refractivity (Wildman–Crippen MR) is 319 cm³/mol. The van der Waals surface area contributed by atoms with Crippen LogP contribution in [0.15, 0.2) is 66.2 Å². The van der Waals surface area contributed by atoms with Crippen molar-refractivity contribution in [2.75, 3.05) is 46.7 Å². The van der Waals surface area contributed by atoms with Crippen molar-refractivity contribution in [1.82, 2.24) is 41.0 Å². The Hall–Kier alpha value is -6.69. The van der Waals surface area contributed by atoms with Gasteiger partial charge in [0, 0.05) is 58.7 Å². The first kappa shape index (κ1) is 68.8. The van der Waals surface area contributed by atoms with Crippen LogP contribution < -0.4 is 38.1 Å². The van der Waals surface area contributed by atoms with Crippen LogP contribution in [0.1, 0.15) is 123 Å². The van der Waals surface area contributed by atoms with Crippen molar-refractivity contribution in [2.45, 2.75) is 168 Å². The number of hydrogen-bond donors (Lipinski definition) is 7. The molecule has 3 aromatic rings. The zero-order valence-corrected chi connectivity index (χ0v) is 51.7. The van der Waals surface area contributed by atoms with Crippen LogP contribution in [0, 0.1) is 29.6 Å². The van der Waals surface area contributed by atoms with Gasteiger partial charge in [0.15, 0.2) is 0 Å². The number of primary amides is 1. The number of methoxy groups -OCH3 is 2. The Balaban J connectivity index is 1.41. The third-order valence-electron chi connectivity index (χ3n) is 15.6. The second kappa shape index (κ2) is 33.6. The van der Waals surface area contributed by atoms with Crippen molar-refractivity contribution >= 4 is 64.6 Å². The number of thiazole rings is 1. The average Bonchev–Trinajstić information content (AvgIpc) is 4.39. The van der Waals surface area contributed by atoms with Crippen molar-refractivity contribution in [3.63, 3.8) is 0 Å². The highest BCUT2D eigenvalue weighted by Gasteiger charge is 2.44. The largest absolute Gasteiger partial charge is 0.445 e. The van der Waals surface area contributed by atoms with Crippen LogP contribution in [-0.2, 0) is 56.0 Å². The fourth-order valence-corrected chi connectivity index (χ4v) is 11.3. The lowest BCUT2D eigenvalue weighted by atomic mass is 9.89. The summed E-state index contributed by atoms with van der Waals surface area (Å²) in [6, 6.07) is 10.5. The number of carbonyl (C=O) groups excluding carboxylic acids is 8. The molecule has 460 valence electrons. The van der Waals surface area contributed by atoms with Crippen LogP contribution in [0.5, 0.6) is 0 Å². The van der Waals surface area contributed by atoms with Gasteiger partial charge < -0.3 is 62.1 Å². The van der Waals surface area contributed by atoms with E-state index in [9.17, 15) is 38.4 Å². The lowest BCUT2D eigenvalue weighted by Crippen LogP contribution is -2.60. The molecule has 0 unspecified atom stereocenters. The Morgan fingerprint density at radius 2 is 1.47 bits per heavy atom. The highest BCUT2D eigenvalue weighted by molar-refractivity contribution is 7.09. The zero-order chi connectivity index (χ0) is 61.7. The van der Waals surface area contributed by atoms with Gasteiger partial charge in [-0.3, -0.25) is 33.7 Å². The van der Waals surface area contributed by atoms with Crippen molar-refractivity contribution in [2.24, 2.45) is 41.1 Å². The summed E-state index contributed by atoms with van der Waals surface area (Å²) < 4.78 is 17.9. The molecule has 22 nitrogen and oxygen atoms in total. The predicted octanol–water partition coefficient (Wildman–Crippen LogP) is 5.75. The molecule has 1 fully saturated rings. The number of amides is 9. The van der Waals surface area contributed by atoms with Gasteiger partial charge >= 0.3 is 12.1 Å². The molecular formula is C60H93N11O11S. The molecule has 4 rings (SSSR count). The minimum absolute atomic E-state index is 0.0580. The van der Waals surface area contributed by atoms with Gasteiger partial charge in [0.1, 0.15) is 29.7 Å². The Morgan fingerprint density at radius 3 is 2.04 bits per heavy atom. The number of likely N-dealkylation sites (N-methyl/N-ethyl adjacent to an activating group) is 2. The van der Waals surface area contributed by atoms with Gasteiger partial charge in [-0.2, -0.15) is 0 Å². The van der Waals surface area contributed by atoms with Gasteiger partial charge in [0.2, 0.25) is 35.4 Å². The van der Waals surface area contributed by atoms with Crippen LogP contribution >= 0.6 is 11.3 Å². The molecule has 2 heterocycles. The minimum atomic E-state index is -1.05. The van der Waals surface area contributed by atoms with Crippen molar-refractivity contribution in [3.05, 3.63) is 82.3 Å². The highest BCUT2D eigenvalue weighted by atomic mass is 32.1. The fraction of sp³-hybridized carbons (Fsp3) is 0.617. The first-order valence-electron chi connectivity index (χ1n) is 28.9. The summed E-state index contributed by atoms with van der Waals surface area (Å²) in [5.41, 5.74) is 13.2. The first-order chi connectivity index (χ1) is 39.3. The molecule has 1 aliphatic heterocycles. The maximum absolute atomic E-state index is 14.8. The van der Waals surface area contributed by atoms with Gasteiger partial charge in [-0.1, -0.05) is 111 Å². The number of nitrogens with one attached hydrogen (secondary N) is 5. The highest BCUT2D eigenvalue weighted by Crippen LogP contribution is 2.31. The number of likely N-dealkylation sites (tertiary alicyclic amines) is 1. The van der Waals surface area contributed by atoms with E-state index in [2.05, 4.69) is 31.6 Å². The molecule has 1 aromatic heterocycles. The molecule has 83 heavy (non-hydrogen) atoms. The average molecular weight is 1180 g/mol. The number of anilines is 1. The third kappa shape index (κ3) is 20.0. The zero-order valence-electron chi connectivity index (χ0n) is 50.8. The molecule has 1 saturated heterocycles. The van der Waals surface area contributed by atoms with Crippen LogP contribution in [0.2, 0.25) is 0 Å². The molecule has 0 spiro atoms. The molecule has 2 aromatic carbocycles. The van der Waals surface area contributed by atoms with E-state index in [1.807, 2.05) is 70.3 Å². The van der Waals surface area contributed by atoms with E-state index in [0.29, 0.717) is 49.9 Å². The van der Waals surface area contributed by atoms with E-state index in [4.69, 9.17) is 25.7 Å². The second-order valence-electron chi connectivity index (χ2n) is 22.7. The van der Waals surface area contributed by atoms with E-state index in [0.717, 1.165) is 10.6 Å². The monoisotopic (exact) mass is 1180 g/mol. The molecule has 9 amide bonds. The number of rotatable bonds is 32. The van der Waals surface area contributed by atoms with Crippen molar-refractivity contribution in [1.29, 1.82) is 0 Å². The maximum atomic E-state index is 14.8. The second-order valence-corrected chi connectivity index (χ2v) is 23.7. The molecule has 9 N–H and O–H groups in total. The maximum Gasteiger partial charge on any atom is 0.410 e. The topological polar surface area (TPSA) is 299 Å². The number of hydrogen-bond acceptors (Lipinski definition) is 14. The smallest absolute Gasteiger partial charge is 0.410 e. The van der Waals surface area contributed by atoms with Crippen LogP contribution in [0.3, 0.4) is 0 Å². The molecule has 0 aliphatic carbocycles.